The highest BCUT2D eigenvalue weighted by Gasteiger charge is 2.32. The van der Waals surface area contributed by atoms with Crippen LogP contribution in [0.1, 0.15) is 52.4 Å². The van der Waals surface area contributed by atoms with Crippen LogP contribution in [0.5, 0.6) is 0 Å². The van der Waals surface area contributed by atoms with Gasteiger partial charge in [0.2, 0.25) is 17.7 Å². The van der Waals surface area contributed by atoms with Crippen LogP contribution in [0.15, 0.2) is 0 Å². The largest absolute Gasteiger partial charge is 0.481 e. The molecular formula is C21H39N5O7S. The van der Waals surface area contributed by atoms with Crippen LogP contribution >= 0.6 is 11.8 Å². The second-order valence-corrected chi connectivity index (χ2v) is 9.09. The lowest BCUT2D eigenvalue weighted by atomic mass is 9.96. The number of nitrogens with one attached hydrogen (secondary N) is 3. The summed E-state index contributed by atoms with van der Waals surface area (Å²) >= 11 is 1.45. The van der Waals surface area contributed by atoms with Crippen LogP contribution < -0.4 is 27.4 Å². The van der Waals surface area contributed by atoms with Crippen molar-refractivity contribution in [1.29, 1.82) is 0 Å². The third kappa shape index (κ3) is 12.2. The monoisotopic (exact) mass is 505 g/mol. The van der Waals surface area contributed by atoms with Gasteiger partial charge in [0, 0.05) is 0 Å². The summed E-state index contributed by atoms with van der Waals surface area (Å²) in [6.07, 6.45) is 3.29. The molecule has 0 saturated heterocycles. The van der Waals surface area contributed by atoms with Crippen molar-refractivity contribution in [2.24, 2.45) is 17.4 Å². The molecule has 0 aromatic rings. The molecule has 0 spiro atoms. The summed E-state index contributed by atoms with van der Waals surface area (Å²) in [5.74, 6) is -4.33. The highest BCUT2D eigenvalue weighted by atomic mass is 32.2. The van der Waals surface area contributed by atoms with Crippen molar-refractivity contribution in [3.8, 4) is 0 Å². The molecule has 0 aliphatic heterocycles. The Morgan fingerprint density at radius 2 is 1.53 bits per heavy atom. The molecular weight excluding hydrogens is 466 g/mol. The molecule has 34 heavy (non-hydrogen) atoms. The number of carboxylic acids is 2. The van der Waals surface area contributed by atoms with Gasteiger partial charge in [-0.3, -0.25) is 19.2 Å². The Hall–Kier alpha value is -2.38. The van der Waals surface area contributed by atoms with Crippen molar-refractivity contribution in [2.75, 3.05) is 18.6 Å². The number of carboxylic acid groups (broad SMARTS) is 2. The number of unbranched alkanes of at least 4 members (excludes halogenated alkanes) is 1. The molecule has 3 amide bonds. The van der Waals surface area contributed by atoms with E-state index in [0.717, 1.165) is 0 Å². The molecule has 0 aromatic heterocycles. The van der Waals surface area contributed by atoms with Gasteiger partial charge in [-0.05, 0) is 50.2 Å². The Bertz CT molecular complexity index is 694. The molecule has 0 radical (unpaired) electrons. The molecule has 13 heteroatoms. The summed E-state index contributed by atoms with van der Waals surface area (Å²) in [5, 5.41) is 25.8. The van der Waals surface area contributed by atoms with E-state index in [1.54, 1.807) is 6.92 Å². The third-order valence-corrected chi connectivity index (χ3v) is 5.97. The normalized spacial score (nSPS) is 15.3. The minimum Gasteiger partial charge on any atom is -0.481 e. The molecule has 12 nitrogen and oxygen atoms in total. The predicted octanol–water partition coefficient (Wildman–Crippen LogP) is -0.744. The van der Waals surface area contributed by atoms with Gasteiger partial charge < -0.3 is 37.6 Å². The van der Waals surface area contributed by atoms with Crippen LogP contribution in [0.4, 0.5) is 0 Å². The second-order valence-electron chi connectivity index (χ2n) is 8.10. The number of carbonyl (C=O) groups excluding carboxylic acids is 3. The summed E-state index contributed by atoms with van der Waals surface area (Å²) in [7, 11) is 0. The number of aliphatic carboxylic acids is 2. The van der Waals surface area contributed by atoms with Crippen molar-refractivity contribution in [3.63, 3.8) is 0 Å². The van der Waals surface area contributed by atoms with E-state index in [4.69, 9.17) is 16.6 Å². The molecule has 0 aliphatic carbocycles. The van der Waals surface area contributed by atoms with Gasteiger partial charge in [0.15, 0.2) is 0 Å². The summed E-state index contributed by atoms with van der Waals surface area (Å²) in [5.41, 5.74) is 11.1. The fourth-order valence-electron chi connectivity index (χ4n) is 3.03. The van der Waals surface area contributed by atoms with Gasteiger partial charge in [-0.2, -0.15) is 11.8 Å². The molecule has 0 fully saturated rings. The molecule has 0 bridgehead atoms. The zero-order valence-electron chi connectivity index (χ0n) is 20.0. The van der Waals surface area contributed by atoms with Gasteiger partial charge in [0.1, 0.15) is 18.1 Å². The maximum atomic E-state index is 13.1. The van der Waals surface area contributed by atoms with Crippen LogP contribution in [0.2, 0.25) is 0 Å². The minimum absolute atomic E-state index is 0.221. The number of hydrogen-bond donors (Lipinski definition) is 7. The number of nitrogens with two attached hydrogens (primary N) is 2. The van der Waals surface area contributed by atoms with E-state index in [-0.39, 0.29) is 18.8 Å². The van der Waals surface area contributed by atoms with Gasteiger partial charge in [0.25, 0.3) is 0 Å². The maximum absolute atomic E-state index is 13.1. The smallest absolute Gasteiger partial charge is 0.326 e. The third-order valence-electron chi connectivity index (χ3n) is 5.33. The molecule has 5 unspecified atom stereocenters. The molecule has 196 valence electrons. The molecule has 0 aliphatic rings. The van der Waals surface area contributed by atoms with E-state index >= 15 is 0 Å². The van der Waals surface area contributed by atoms with Crippen molar-refractivity contribution in [1.82, 2.24) is 16.0 Å². The Morgan fingerprint density at radius 3 is 2.03 bits per heavy atom. The van der Waals surface area contributed by atoms with E-state index in [2.05, 4.69) is 16.0 Å². The summed E-state index contributed by atoms with van der Waals surface area (Å²) in [6.45, 7) is 3.92. The fourth-order valence-corrected chi connectivity index (χ4v) is 3.50. The SMILES string of the molecule is CCC(C)C(NC(=O)C(N)CC(=O)O)C(=O)NC(CCCCN)C(=O)NC(CCSC)C(=O)O. The Labute approximate surface area is 204 Å². The van der Waals surface area contributed by atoms with Crippen molar-refractivity contribution >= 4 is 41.4 Å². The first kappa shape index (κ1) is 31.6. The van der Waals surface area contributed by atoms with Crippen molar-refractivity contribution < 1.29 is 34.2 Å². The van der Waals surface area contributed by atoms with Crippen LogP contribution in [0.3, 0.4) is 0 Å². The van der Waals surface area contributed by atoms with Crippen molar-refractivity contribution in [2.45, 2.75) is 76.5 Å². The van der Waals surface area contributed by atoms with E-state index in [1.165, 1.54) is 11.8 Å². The topological polar surface area (TPSA) is 214 Å². The van der Waals surface area contributed by atoms with Gasteiger partial charge in [-0.15, -0.1) is 0 Å². The number of rotatable bonds is 18. The predicted molar refractivity (Wildman–Crippen MR) is 129 cm³/mol. The molecule has 0 aromatic carbocycles. The van der Waals surface area contributed by atoms with Crippen LogP contribution in [0.25, 0.3) is 0 Å². The van der Waals surface area contributed by atoms with Gasteiger partial charge in [-0.1, -0.05) is 20.3 Å². The standard InChI is InChI=1S/C21H39N5O7S/c1-4-12(2)17(26-18(29)13(23)11-16(27)28)20(31)24-14(7-5-6-9-22)19(30)25-15(21(32)33)8-10-34-3/h12-15,17H,4-11,22-23H2,1-3H3,(H,24,31)(H,25,30)(H,26,29)(H,27,28)(H,32,33). The zero-order valence-corrected chi connectivity index (χ0v) is 20.9. The first-order valence-electron chi connectivity index (χ1n) is 11.3. The van der Waals surface area contributed by atoms with E-state index in [0.29, 0.717) is 31.6 Å². The zero-order chi connectivity index (χ0) is 26.3. The lowest BCUT2D eigenvalue weighted by molar-refractivity contribution is -0.142. The number of thioether (sulfide) groups is 1. The molecule has 0 rings (SSSR count). The molecule has 9 N–H and O–H groups in total. The number of carbonyl (C=O) groups is 5. The lowest BCUT2D eigenvalue weighted by Gasteiger charge is -2.28. The molecule has 0 heterocycles. The number of amides is 3. The Morgan fingerprint density at radius 1 is 0.912 bits per heavy atom. The highest BCUT2D eigenvalue weighted by Crippen LogP contribution is 2.11. The van der Waals surface area contributed by atoms with Crippen LogP contribution in [-0.2, 0) is 24.0 Å². The minimum atomic E-state index is -1.34. The molecule has 5 atom stereocenters. The van der Waals surface area contributed by atoms with E-state index < -0.39 is 60.2 Å². The first-order chi connectivity index (χ1) is 16.0. The highest BCUT2D eigenvalue weighted by molar-refractivity contribution is 7.98. The van der Waals surface area contributed by atoms with Crippen LogP contribution in [0, 0.1) is 5.92 Å². The van der Waals surface area contributed by atoms with Gasteiger partial charge in [-0.25, -0.2) is 4.79 Å². The quantitative estimate of drug-likeness (QED) is 0.116. The average Bonchev–Trinajstić information content (AvgIpc) is 2.77. The summed E-state index contributed by atoms with van der Waals surface area (Å²) in [6, 6.07) is -4.54. The summed E-state index contributed by atoms with van der Waals surface area (Å²) < 4.78 is 0. The van der Waals surface area contributed by atoms with E-state index in [9.17, 15) is 29.1 Å². The Balaban J connectivity index is 5.53. The Kier molecular flexibility index (Phi) is 15.9. The number of hydrogen-bond acceptors (Lipinski definition) is 8. The first-order valence-corrected chi connectivity index (χ1v) is 12.7. The summed E-state index contributed by atoms with van der Waals surface area (Å²) in [4.78, 5) is 60.6. The average molecular weight is 506 g/mol. The van der Waals surface area contributed by atoms with E-state index in [1.807, 2.05) is 13.2 Å². The fraction of sp³-hybridized carbons (Fsp3) is 0.762. The molecule has 0 saturated carbocycles. The van der Waals surface area contributed by atoms with Crippen molar-refractivity contribution in [3.05, 3.63) is 0 Å². The second kappa shape index (κ2) is 17.1. The van der Waals surface area contributed by atoms with Gasteiger partial charge in [0.05, 0.1) is 12.5 Å². The van der Waals surface area contributed by atoms with Crippen LogP contribution in [-0.4, -0.2) is 82.6 Å². The lowest BCUT2D eigenvalue weighted by Crippen LogP contribution is -2.58. The maximum Gasteiger partial charge on any atom is 0.326 e. The van der Waals surface area contributed by atoms with Gasteiger partial charge >= 0.3 is 11.9 Å².